The Hall–Kier alpha value is -1.05. The number of hydrogen-bond donors (Lipinski definition) is 1. The fraction of sp³-hybridized carbons (Fsp3) is 0.333. The van der Waals surface area contributed by atoms with Gasteiger partial charge in [0, 0.05) is 5.56 Å². The number of phenols is 1. The van der Waals surface area contributed by atoms with Gasteiger partial charge in [-0.3, -0.25) is 0 Å². The van der Waals surface area contributed by atoms with E-state index in [2.05, 4.69) is 0 Å². The van der Waals surface area contributed by atoms with Crippen LogP contribution in [0.2, 0.25) is 0 Å². The molecule has 0 radical (unpaired) electrons. The van der Waals surface area contributed by atoms with Crippen molar-refractivity contribution in [2.75, 3.05) is 0 Å². The predicted octanol–water partition coefficient (Wildman–Crippen LogP) is 2.60. The molecule has 0 spiro atoms. The summed E-state index contributed by atoms with van der Waals surface area (Å²) in [6.07, 6.45) is 0. The fourth-order valence-electron chi connectivity index (χ4n) is 0.976. The van der Waals surface area contributed by atoms with Gasteiger partial charge in [0.15, 0.2) is 0 Å². The predicted molar refractivity (Wildman–Crippen MR) is 42.2 cm³/mol. The van der Waals surface area contributed by atoms with Crippen molar-refractivity contribution < 1.29 is 9.50 Å². The minimum atomic E-state index is -1.47. The molecule has 0 aliphatic rings. The lowest BCUT2D eigenvalue weighted by Crippen LogP contribution is -2.08. The van der Waals surface area contributed by atoms with Crippen molar-refractivity contribution in [3.8, 4) is 5.75 Å². The van der Waals surface area contributed by atoms with Crippen molar-refractivity contribution in [3.63, 3.8) is 0 Å². The molecule has 0 heterocycles. The van der Waals surface area contributed by atoms with Crippen LogP contribution in [-0.2, 0) is 5.67 Å². The Morgan fingerprint density at radius 2 is 1.82 bits per heavy atom. The molecule has 11 heavy (non-hydrogen) atoms. The van der Waals surface area contributed by atoms with Crippen molar-refractivity contribution >= 4 is 0 Å². The van der Waals surface area contributed by atoms with Gasteiger partial charge < -0.3 is 5.11 Å². The van der Waals surface area contributed by atoms with Crippen LogP contribution in [-0.4, -0.2) is 5.11 Å². The highest BCUT2D eigenvalue weighted by Crippen LogP contribution is 2.31. The number of halogens is 1. The molecule has 0 saturated carbocycles. The summed E-state index contributed by atoms with van der Waals surface area (Å²) in [5, 5.41) is 9.21. The highest BCUT2D eigenvalue weighted by molar-refractivity contribution is 5.35. The molecule has 0 aromatic heterocycles. The van der Waals surface area contributed by atoms with Crippen LogP contribution >= 0.6 is 0 Å². The second-order valence-corrected chi connectivity index (χ2v) is 2.99. The molecule has 0 aliphatic carbocycles. The molecule has 0 bridgehead atoms. The summed E-state index contributed by atoms with van der Waals surface area (Å²) in [6, 6.07) is 6.44. The third kappa shape index (κ3) is 1.70. The summed E-state index contributed by atoms with van der Waals surface area (Å²) in [7, 11) is 0. The Kier molecular flexibility index (Phi) is 1.85. The smallest absolute Gasteiger partial charge is 0.134 e. The molecule has 2 heteroatoms. The van der Waals surface area contributed by atoms with Crippen molar-refractivity contribution in [1.82, 2.24) is 0 Å². The maximum atomic E-state index is 13.2. The Morgan fingerprint density at radius 1 is 1.27 bits per heavy atom. The van der Waals surface area contributed by atoms with Crippen LogP contribution in [0.3, 0.4) is 0 Å². The zero-order chi connectivity index (χ0) is 8.48. The van der Waals surface area contributed by atoms with E-state index < -0.39 is 5.67 Å². The summed E-state index contributed by atoms with van der Waals surface area (Å²) < 4.78 is 13.2. The summed E-state index contributed by atoms with van der Waals surface area (Å²) in [5.74, 6) is 0.0139. The number of aromatic hydroxyl groups is 1. The molecule has 0 fully saturated rings. The molecule has 0 unspecified atom stereocenters. The highest BCUT2D eigenvalue weighted by Gasteiger charge is 2.21. The lowest BCUT2D eigenvalue weighted by molar-refractivity contribution is 0.214. The maximum Gasteiger partial charge on any atom is 0.134 e. The third-order valence-electron chi connectivity index (χ3n) is 1.54. The zero-order valence-corrected chi connectivity index (χ0v) is 6.63. The summed E-state index contributed by atoms with van der Waals surface area (Å²) >= 11 is 0. The van der Waals surface area contributed by atoms with Crippen LogP contribution in [0.5, 0.6) is 5.75 Å². The second-order valence-electron chi connectivity index (χ2n) is 2.99. The van der Waals surface area contributed by atoms with Crippen molar-refractivity contribution in [1.29, 1.82) is 0 Å². The molecule has 0 atom stereocenters. The molecule has 1 rings (SSSR count). The molecule has 60 valence electrons. The number of benzene rings is 1. The quantitative estimate of drug-likeness (QED) is 0.659. The van der Waals surface area contributed by atoms with Gasteiger partial charge in [-0.05, 0) is 19.9 Å². The van der Waals surface area contributed by atoms with Crippen molar-refractivity contribution in [2.45, 2.75) is 19.5 Å². The molecule has 1 aromatic carbocycles. The third-order valence-corrected chi connectivity index (χ3v) is 1.54. The molecular weight excluding hydrogens is 143 g/mol. The molecule has 0 saturated heterocycles. The standard InChI is InChI=1S/C9H11FO/c1-9(2,10)7-5-3-4-6-8(7)11/h3-6,11H,1-2H3. The van der Waals surface area contributed by atoms with E-state index in [0.29, 0.717) is 5.56 Å². The number of phenolic OH excluding ortho intramolecular Hbond substituents is 1. The molecule has 1 aromatic rings. The largest absolute Gasteiger partial charge is 0.508 e. The van der Waals surface area contributed by atoms with Crippen LogP contribution in [0.4, 0.5) is 4.39 Å². The first-order valence-corrected chi connectivity index (χ1v) is 3.49. The normalized spacial score (nSPS) is 11.5. The first-order valence-electron chi connectivity index (χ1n) is 3.49. The maximum absolute atomic E-state index is 13.2. The van der Waals surface area contributed by atoms with E-state index in [1.54, 1.807) is 18.2 Å². The van der Waals surface area contributed by atoms with E-state index in [-0.39, 0.29) is 5.75 Å². The van der Waals surface area contributed by atoms with Crippen LogP contribution in [0, 0.1) is 0 Å². The van der Waals surface area contributed by atoms with Gasteiger partial charge in [0.05, 0.1) is 0 Å². The Labute approximate surface area is 65.5 Å². The summed E-state index contributed by atoms with van der Waals surface area (Å²) in [6.45, 7) is 2.84. The Balaban J connectivity index is 3.14. The highest BCUT2D eigenvalue weighted by atomic mass is 19.1. The van der Waals surface area contributed by atoms with E-state index in [1.807, 2.05) is 0 Å². The fourth-order valence-corrected chi connectivity index (χ4v) is 0.976. The topological polar surface area (TPSA) is 20.2 Å². The van der Waals surface area contributed by atoms with E-state index in [0.717, 1.165) is 0 Å². The number of alkyl halides is 1. The van der Waals surface area contributed by atoms with Gasteiger partial charge in [-0.15, -0.1) is 0 Å². The van der Waals surface area contributed by atoms with E-state index in [9.17, 15) is 9.50 Å². The van der Waals surface area contributed by atoms with E-state index in [4.69, 9.17) is 0 Å². The van der Waals surface area contributed by atoms with Gasteiger partial charge in [-0.25, -0.2) is 4.39 Å². The average molecular weight is 154 g/mol. The minimum Gasteiger partial charge on any atom is -0.508 e. The first kappa shape index (κ1) is 8.05. The van der Waals surface area contributed by atoms with Crippen LogP contribution in [0.25, 0.3) is 0 Å². The van der Waals surface area contributed by atoms with Crippen LogP contribution in [0.15, 0.2) is 24.3 Å². The van der Waals surface area contributed by atoms with Gasteiger partial charge >= 0.3 is 0 Å². The average Bonchev–Trinajstić information content (AvgIpc) is 1.86. The Bertz CT molecular complexity index is 250. The lowest BCUT2D eigenvalue weighted by Gasteiger charge is -2.15. The molecule has 0 aliphatic heterocycles. The SMILES string of the molecule is CC(C)(F)c1ccccc1O. The van der Waals surface area contributed by atoms with Crippen molar-refractivity contribution in [2.24, 2.45) is 0 Å². The molecular formula is C9H11FO. The summed E-state index contributed by atoms with van der Waals surface area (Å²) in [5.41, 5.74) is -1.13. The number of para-hydroxylation sites is 1. The lowest BCUT2D eigenvalue weighted by atomic mass is 9.99. The van der Waals surface area contributed by atoms with Crippen LogP contribution in [0.1, 0.15) is 19.4 Å². The van der Waals surface area contributed by atoms with Gasteiger partial charge in [-0.2, -0.15) is 0 Å². The molecule has 1 N–H and O–H groups in total. The zero-order valence-electron chi connectivity index (χ0n) is 6.63. The Morgan fingerprint density at radius 3 is 2.18 bits per heavy atom. The molecule has 1 nitrogen and oxygen atoms in total. The monoisotopic (exact) mass is 154 g/mol. The second kappa shape index (κ2) is 2.53. The van der Waals surface area contributed by atoms with Crippen molar-refractivity contribution in [3.05, 3.63) is 29.8 Å². The minimum absolute atomic E-state index is 0.0139. The number of rotatable bonds is 1. The first-order chi connectivity index (χ1) is 5.02. The number of hydrogen-bond acceptors (Lipinski definition) is 1. The van der Waals surface area contributed by atoms with Gasteiger partial charge in [0.1, 0.15) is 11.4 Å². The van der Waals surface area contributed by atoms with Crippen LogP contribution < -0.4 is 0 Å². The van der Waals surface area contributed by atoms with Gasteiger partial charge in [0.2, 0.25) is 0 Å². The van der Waals surface area contributed by atoms with Gasteiger partial charge in [-0.1, -0.05) is 18.2 Å². The van der Waals surface area contributed by atoms with E-state index in [1.165, 1.54) is 19.9 Å². The van der Waals surface area contributed by atoms with E-state index >= 15 is 0 Å². The molecule has 0 amide bonds. The summed E-state index contributed by atoms with van der Waals surface area (Å²) in [4.78, 5) is 0. The van der Waals surface area contributed by atoms with Gasteiger partial charge in [0.25, 0.3) is 0 Å².